The molecule has 1 aromatic carbocycles. The Kier molecular flexibility index (Phi) is 5.03. The molecule has 1 aliphatic heterocycles. The molecular weight excluding hydrogens is 296 g/mol. The maximum Gasteiger partial charge on any atom is 0.339 e. The van der Waals surface area contributed by atoms with Crippen LogP contribution in [0.3, 0.4) is 0 Å². The van der Waals surface area contributed by atoms with Crippen LogP contribution in [0.15, 0.2) is 24.3 Å². The van der Waals surface area contributed by atoms with Crippen molar-refractivity contribution in [3.05, 3.63) is 35.4 Å². The molecule has 1 unspecified atom stereocenters. The van der Waals surface area contributed by atoms with E-state index in [1.54, 1.807) is 26.0 Å². The minimum Gasteiger partial charge on any atom is -0.445 e. The number of nitrogens with one attached hydrogen (secondary N) is 1. The predicted octanol–water partition coefficient (Wildman–Crippen LogP) is 1.14. The van der Waals surface area contributed by atoms with Crippen molar-refractivity contribution in [1.82, 2.24) is 10.2 Å². The number of ether oxygens (including phenoxy) is 1. The molecule has 124 valence electrons. The van der Waals surface area contributed by atoms with Crippen LogP contribution < -0.4 is 5.32 Å². The van der Waals surface area contributed by atoms with E-state index in [0.29, 0.717) is 25.1 Å². The topological polar surface area (TPSA) is 75.7 Å². The Morgan fingerprint density at radius 1 is 1.30 bits per heavy atom. The first-order chi connectivity index (χ1) is 10.9. The van der Waals surface area contributed by atoms with Gasteiger partial charge in [0.15, 0.2) is 5.60 Å². The van der Waals surface area contributed by atoms with E-state index in [1.165, 1.54) is 4.90 Å². The smallest absolute Gasteiger partial charge is 0.339 e. The van der Waals surface area contributed by atoms with E-state index in [4.69, 9.17) is 4.74 Å². The number of carbonyl (C=O) groups excluding carboxylic acids is 3. The third kappa shape index (κ3) is 3.52. The number of amides is 2. The van der Waals surface area contributed by atoms with Crippen LogP contribution in [0.2, 0.25) is 0 Å². The molecule has 0 radical (unpaired) electrons. The summed E-state index contributed by atoms with van der Waals surface area (Å²) >= 11 is 0. The Balaban J connectivity index is 2.20. The van der Waals surface area contributed by atoms with Crippen LogP contribution in [-0.2, 0) is 20.7 Å². The molecule has 1 atom stereocenters. The summed E-state index contributed by atoms with van der Waals surface area (Å²) in [4.78, 5) is 38.1. The summed E-state index contributed by atoms with van der Waals surface area (Å²) in [6.45, 7) is 6.03. The van der Waals surface area contributed by atoms with E-state index >= 15 is 0 Å². The number of rotatable bonds is 5. The van der Waals surface area contributed by atoms with Gasteiger partial charge in [0.2, 0.25) is 5.91 Å². The number of cyclic esters (lactones) is 1. The Morgan fingerprint density at radius 3 is 2.65 bits per heavy atom. The number of hydrogen-bond donors (Lipinski definition) is 1. The summed E-state index contributed by atoms with van der Waals surface area (Å²) in [5.74, 6) is -1.08. The van der Waals surface area contributed by atoms with Crippen molar-refractivity contribution < 1.29 is 19.1 Å². The zero-order valence-corrected chi connectivity index (χ0v) is 13.7. The quantitative estimate of drug-likeness (QED) is 0.826. The third-order valence-electron chi connectivity index (χ3n) is 3.91. The summed E-state index contributed by atoms with van der Waals surface area (Å²) in [6, 6.07) is 7.10. The second-order valence-corrected chi connectivity index (χ2v) is 5.73. The number of nitrogens with zero attached hydrogens (tertiary/aromatic N) is 1. The molecule has 0 saturated carbocycles. The van der Waals surface area contributed by atoms with E-state index in [9.17, 15) is 14.4 Å². The molecule has 0 aromatic heterocycles. The second kappa shape index (κ2) is 6.81. The maximum atomic E-state index is 12.8. The minimum atomic E-state index is -1.28. The molecular formula is C17H22N2O4. The Labute approximate surface area is 135 Å². The average molecular weight is 318 g/mol. The van der Waals surface area contributed by atoms with E-state index in [-0.39, 0.29) is 18.4 Å². The number of benzene rings is 1. The number of esters is 1. The van der Waals surface area contributed by atoms with Gasteiger partial charge in [-0.2, -0.15) is 0 Å². The first-order valence-electron chi connectivity index (χ1n) is 7.78. The molecule has 6 nitrogen and oxygen atoms in total. The lowest BCUT2D eigenvalue weighted by Gasteiger charge is -2.36. The van der Waals surface area contributed by atoms with E-state index in [0.717, 1.165) is 5.56 Å². The second-order valence-electron chi connectivity index (χ2n) is 5.73. The van der Waals surface area contributed by atoms with Crippen LogP contribution in [0, 0.1) is 0 Å². The number of likely N-dealkylation sites (N-methyl/N-ethyl adjacent to an activating group) is 2. The van der Waals surface area contributed by atoms with Gasteiger partial charge in [0.1, 0.15) is 0 Å². The van der Waals surface area contributed by atoms with Crippen LogP contribution in [0.1, 0.15) is 36.7 Å². The van der Waals surface area contributed by atoms with Gasteiger partial charge >= 0.3 is 5.97 Å². The van der Waals surface area contributed by atoms with Crippen molar-refractivity contribution in [2.75, 3.05) is 19.6 Å². The van der Waals surface area contributed by atoms with E-state index < -0.39 is 11.6 Å². The summed E-state index contributed by atoms with van der Waals surface area (Å²) in [5, 5.41) is 2.66. The Bertz CT molecular complexity index is 629. The highest BCUT2D eigenvalue weighted by Crippen LogP contribution is 2.29. The largest absolute Gasteiger partial charge is 0.445 e. The van der Waals surface area contributed by atoms with Crippen LogP contribution in [0.25, 0.3) is 0 Å². The molecule has 0 aliphatic carbocycles. The Morgan fingerprint density at radius 2 is 2.00 bits per heavy atom. The molecule has 2 amide bonds. The summed E-state index contributed by atoms with van der Waals surface area (Å²) < 4.78 is 5.42. The highest BCUT2D eigenvalue weighted by molar-refractivity contribution is 5.98. The van der Waals surface area contributed by atoms with Gasteiger partial charge in [0, 0.05) is 19.5 Å². The predicted molar refractivity (Wildman–Crippen MR) is 84.9 cm³/mol. The molecule has 1 aliphatic rings. The fraction of sp³-hybridized carbons (Fsp3) is 0.471. The normalized spacial score (nSPS) is 19.5. The first-order valence-corrected chi connectivity index (χ1v) is 7.78. The van der Waals surface area contributed by atoms with Crippen LogP contribution in [-0.4, -0.2) is 47.9 Å². The molecule has 2 rings (SSSR count). The third-order valence-corrected chi connectivity index (χ3v) is 3.91. The molecule has 1 N–H and O–H groups in total. The van der Waals surface area contributed by atoms with Gasteiger partial charge < -0.3 is 15.0 Å². The maximum absolute atomic E-state index is 12.8. The first kappa shape index (κ1) is 17.0. The van der Waals surface area contributed by atoms with Gasteiger partial charge in [-0.05, 0) is 32.4 Å². The van der Waals surface area contributed by atoms with Crippen LogP contribution >= 0.6 is 0 Å². The lowest BCUT2D eigenvalue weighted by molar-refractivity contribution is -0.152. The summed E-state index contributed by atoms with van der Waals surface area (Å²) in [7, 11) is 0. The van der Waals surface area contributed by atoms with Crippen LogP contribution in [0.5, 0.6) is 0 Å². The van der Waals surface area contributed by atoms with E-state index in [2.05, 4.69) is 5.32 Å². The Hall–Kier alpha value is -2.37. The molecule has 0 bridgehead atoms. The summed E-state index contributed by atoms with van der Waals surface area (Å²) in [5.41, 5.74) is -0.00767. The van der Waals surface area contributed by atoms with E-state index in [1.807, 2.05) is 19.1 Å². The molecule has 0 spiro atoms. The molecule has 23 heavy (non-hydrogen) atoms. The summed E-state index contributed by atoms with van der Waals surface area (Å²) in [6.07, 6.45) is 0.305. The fourth-order valence-electron chi connectivity index (χ4n) is 2.74. The lowest BCUT2D eigenvalue weighted by Crippen LogP contribution is -2.55. The molecule has 6 heteroatoms. The van der Waals surface area contributed by atoms with Crippen molar-refractivity contribution in [3.8, 4) is 0 Å². The zero-order chi connectivity index (χ0) is 17.0. The minimum absolute atomic E-state index is 0.0437. The van der Waals surface area contributed by atoms with Gasteiger partial charge in [-0.3, -0.25) is 9.59 Å². The molecule has 1 heterocycles. The highest BCUT2D eigenvalue weighted by atomic mass is 16.6. The van der Waals surface area contributed by atoms with Gasteiger partial charge in [-0.25, -0.2) is 4.79 Å². The zero-order valence-electron chi connectivity index (χ0n) is 13.7. The molecule has 0 fully saturated rings. The molecule has 0 saturated heterocycles. The van der Waals surface area contributed by atoms with Gasteiger partial charge in [0.05, 0.1) is 12.1 Å². The van der Waals surface area contributed by atoms with Crippen molar-refractivity contribution in [3.63, 3.8) is 0 Å². The van der Waals surface area contributed by atoms with Crippen molar-refractivity contribution in [1.29, 1.82) is 0 Å². The fourth-order valence-corrected chi connectivity index (χ4v) is 2.74. The average Bonchev–Trinajstić information content (AvgIpc) is 2.52. The standard InChI is InChI=1S/C17H22N2O4/c1-4-18-14(20)11-19(5-2)16(22)17(3)10-12-8-6-7-9-13(12)15(21)23-17/h6-9H,4-5,10-11H2,1-3H3,(H,18,20). The monoisotopic (exact) mass is 318 g/mol. The van der Waals surface area contributed by atoms with Crippen molar-refractivity contribution in [2.45, 2.75) is 32.8 Å². The molecule has 1 aromatic rings. The highest BCUT2D eigenvalue weighted by Gasteiger charge is 2.44. The lowest BCUT2D eigenvalue weighted by atomic mass is 9.89. The van der Waals surface area contributed by atoms with Crippen molar-refractivity contribution in [2.24, 2.45) is 0 Å². The number of carbonyl (C=O) groups is 3. The van der Waals surface area contributed by atoms with Crippen molar-refractivity contribution >= 4 is 17.8 Å². The number of fused-ring (bicyclic) bond motifs is 1. The van der Waals surface area contributed by atoms with Gasteiger partial charge in [0.25, 0.3) is 5.91 Å². The SMILES string of the molecule is CCNC(=O)CN(CC)C(=O)C1(C)Cc2ccccc2C(=O)O1. The van der Waals surface area contributed by atoms with Gasteiger partial charge in [-0.1, -0.05) is 18.2 Å². The van der Waals surface area contributed by atoms with Crippen LogP contribution in [0.4, 0.5) is 0 Å². The number of hydrogen-bond acceptors (Lipinski definition) is 4. The van der Waals surface area contributed by atoms with Gasteiger partial charge in [-0.15, -0.1) is 0 Å².